The topological polar surface area (TPSA) is 33.1 Å². The molecule has 3 atom stereocenters. The van der Waals surface area contributed by atoms with E-state index in [-0.39, 0.29) is 11.3 Å². The zero-order valence-electron chi connectivity index (χ0n) is 14.4. The largest absolute Gasteiger partial charge is 0.383 e. The highest BCUT2D eigenvalue weighted by atomic mass is 16.3. The first-order valence-electron chi connectivity index (χ1n) is 8.64. The summed E-state index contributed by atoms with van der Waals surface area (Å²) in [7, 11) is 0. The molecule has 0 saturated heterocycles. The standard InChI is InChI=1S/C21H27NO/c1-16-12-13-18(20(2,3)17-9-5-4-6-10-17)21(23,15-16)19-11-7-8-14-22-19/h4-11,14,16,18,23H,12-13,15H2,1-3H3. The Bertz CT molecular complexity index is 637. The predicted octanol–water partition coefficient (Wildman–Crippen LogP) is 4.68. The molecule has 1 aromatic heterocycles. The van der Waals surface area contributed by atoms with E-state index in [2.05, 4.69) is 50.0 Å². The summed E-state index contributed by atoms with van der Waals surface area (Å²) in [5, 5.41) is 11.7. The van der Waals surface area contributed by atoms with Gasteiger partial charge in [-0.1, -0.05) is 63.6 Å². The molecule has 0 spiro atoms. The van der Waals surface area contributed by atoms with Crippen molar-refractivity contribution in [1.82, 2.24) is 4.98 Å². The summed E-state index contributed by atoms with van der Waals surface area (Å²) in [6.45, 7) is 6.76. The van der Waals surface area contributed by atoms with Crippen LogP contribution in [0.25, 0.3) is 0 Å². The van der Waals surface area contributed by atoms with Crippen LogP contribution in [0.1, 0.15) is 51.3 Å². The second-order valence-corrected chi connectivity index (χ2v) is 7.67. The quantitative estimate of drug-likeness (QED) is 0.892. The van der Waals surface area contributed by atoms with Crippen LogP contribution >= 0.6 is 0 Å². The molecule has 1 N–H and O–H groups in total. The first-order chi connectivity index (χ1) is 10.9. The molecule has 1 aliphatic rings. The number of aromatic nitrogens is 1. The van der Waals surface area contributed by atoms with Crippen LogP contribution in [0.2, 0.25) is 0 Å². The minimum absolute atomic E-state index is 0.104. The number of hydrogen-bond donors (Lipinski definition) is 1. The summed E-state index contributed by atoms with van der Waals surface area (Å²) in [5.41, 5.74) is 1.14. The van der Waals surface area contributed by atoms with E-state index in [1.54, 1.807) is 6.20 Å². The van der Waals surface area contributed by atoms with E-state index in [1.165, 1.54) is 5.56 Å². The molecular weight excluding hydrogens is 282 g/mol. The van der Waals surface area contributed by atoms with Gasteiger partial charge in [-0.25, -0.2) is 0 Å². The zero-order chi connectivity index (χ0) is 16.5. The molecule has 0 aliphatic heterocycles. The Morgan fingerprint density at radius 2 is 1.74 bits per heavy atom. The molecular formula is C21H27NO. The van der Waals surface area contributed by atoms with Gasteiger partial charge in [0.2, 0.25) is 0 Å². The first-order valence-corrected chi connectivity index (χ1v) is 8.64. The summed E-state index contributed by atoms with van der Waals surface area (Å²) in [6.07, 6.45) is 4.76. The van der Waals surface area contributed by atoms with Crippen molar-refractivity contribution in [2.45, 2.75) is 51.0 Å². The highest BCUT2D eigenvalue weighted by Gasteiger charge is 2.50. The van der Waals surface area contributed by atoms with Crippen LogP contribution in [0, 0.1) is 11.8 Å². The molecule has 1 aliphatic carbocycles. The molecule has 23 heavy (non-hydrogen) atoms. The lowest BCUT2D eigenvalue weighted by Crippen LogP contribution is -2.49. The van der Waals surface area contributed by atoms with Crippen molar-refractivity contribution in [2.24, 2.45) is 11.8 Å². The lowest BCUT2D eigenvalue weighted by atomic mass is 9.58. The molecule has 1 heterocycles. The predicted molar refractivity (Wildman–Crippen MR) is 94.1 cm³/mol. The molecule has 0 radical (unpaired) electrons. The minimum Gasteiger partial charge on any atom is -0.383 e. The fourth-order valence-electron chi connectivity index (χ4n) is 4.39. The lowest BCUT2D eigenvalue weighted by Gasteiger charge is -2.49. The Morgan fingerprint density at radius 1 is 1.04 bits per heavy atom. The van der Waals surface area contributed by atoms with Crippen molar-refractivity contribution in [3.8, 4) is 0 Å². The van der Waals surface area contributed by atoms with Crippen LogP contribution < -0.4 is 0 Å². The molecule has 1 saturated carbocycles. The van der Waals surface area contributed by atoms with Crippen molar-refractivity contribution in [3.63, 3.8) is 0 Å². The average Bonchev–Trinajstić information content (AvgIpc) is 2.56. The van der Waals surface area contributed by atoms with Crippen molar-refractivity contribution in [2.75, 3.05) is 0 Å². The highest BCUT2D eigenvalue weighted by Crippen LogP contribution is 2.51. The van der Waals surface area contributed by atoms with Crippen LogP contribution in [0.3, 0.4) is 0 Å². The van der Waals surface area contributed by atoms with E-state index in [9.17, 15) is 5.11 Å². The van der Waals surface area contributed by atoms with Gasteiger partial charge in [-0.3, -0.25) is 4.98 Å². The maximum atomic E-state index is 11.7. The molecule has 2 aromatic rings. The number of nitrogens with zero attached hydrogens (tertiary/aromatic N) is 1. The van der Waals surface area contributed by atoms with Gasteiger partial charge in [-0.05, 0) is 41.9 Å². The minimum atomic E-state index is -0.863. The number of aliphatic hydroxyl groups is 1. The second-order valence-electron chi connectivity index (χ2n) is 7.67. The smallest absolute Gasteiger partial charge is 0.110 e. The van der Waals surface area contributed by atoms with E-state index in [0.29, 0.717) is 5.92 Å². The normalized spacial score (nSPS) is 28.5. The van der Waals surface area contributed by atoms with Gasteiger partial charge < -0.3 is 5.11 Å². The van der Waals surface area contributed by atoms with Gasteiger partial charge in [0.05, 0.1) is 5.69 Å². The summed E-state index contributed by atoms with van der Waals surface area (Å²) in [6, 6.07) is 16.4. The molecule has 3 unspecified atom stereocenters. The van der Waals surface area contributed by atoms with Gasteiger partial charge >= 0.3 is 0 Å². The molecule has 0 bridgehead atoms. The SMILES string of the molecule is CC1CCC(C(C)(C)c2ccccc2)C(O)(c2ccccn2)C1. The monoisotopic (exact) mass is 309 g/mol. The van der Waals surface area contributed by atoms with Gasteiger partial charge in [-0.15, -0.1) is 0 Å². The number of benzene rings is 1. The lowest BCUT2D eigenvalue weighted by molar-refractivity contribution is -0.0980. The third-order valence-electron chi connectivity index (χ3n) is 5.68. The fraction of sp³-hybridized carbons (Fsp3) is 0.476. The molecule has 3 rings (SSSR count). The Balaban J connectivity index is 2.05. The molecule has 2 heteroatoms. The zero-order valence-corrected chi connectivity index (χ0v) is 14.4. The molecule has 0 amide bonds. The van der Waals surface area contributed by atoms with Gasteiger partial charge in [-0.2, -0.15) is 0 Å². The Morgan fingerprint density at radius 3 is 2.39 bits per heavy atom. The Labute approximate surface area is 139 Å². The highest BCUT2D eigenvalue weighted by molar-refractivity contribution is 5.28. The summed E-state index contributed by atoms with van der Waals surface area (Å²) >= 11 is 0. The van der Waals surface area contributed by atoms with Crippen LogP contribution in [0.4, 0.5) is 0 Å². The van der Waals surface area contributed by atoms with E-state index in [0.717, 1.165) is 25.0 Å². The van der Waals surface area contributed by atoms with E-state index < -0.39 is 5.60 Å². The summed E-state index contributed by atoms with van der Waals surface area (Å²) in [5.74, 6) is 0.674. The molecule has 1 fully saturated rings. The van der Waals surface area contributed by atoms with Crippen molar-refractivity contribution >= 4 is 0 Å². The third-order valence-corrected chi connectivity index (χ3v) is 5.68. The first kappa shape index (κ1) is 16.2. The van der Waals surface area contributed by atoms with Crippen molar-refractivity contribution < 1.29 is 5.11 Å². The second kappa shape index (κ2) is 6.09. The number of pyridine rings is 1. The fourth-order valence-corrected chi connectivity index (χ4v) is 4.39. The van der Waals surface area contributed by atoms with Crippen LogP contribution in [0.15, 0.2) is 54.7 Å². The summed E-state index contributed by atoms with van der Waals surface area (Å²) in [4.78, 5) is 4.52. The van der Waals surface area contributed by atoms with Gasteiger partial charge in [0, 0.05) is 12.1 Å². The maximum Gasteiger partial charge on any atom is 0.110 e. The average molecular weight is 309 g/mol. The Kier molecular flexibility index (Phi) is 4.29. The van der Waals surface area contributed by atoms with Crippen molar-refractivity contribution in [3.05, 3.63) is 66.0 Å². The van der Waals surface area contributed by atoms with Gasteiger partial charge in [0.25, 0.3) is 0 Å². The van der Waals surface area contributed by atoms with E-state index in [4.69, 9.17) is 0 Å². The van der Waals surface area contributed by atoms with Crippen LogP contribution in [0.5, 0.6) is 0 Å². The van der Waals surface area contributed by atoms with Crippen molar-refractivity contribution in [1.29, 1.82) is 0 Å². The molecule has 1 aromatic carbocycles. The molecule has 122 valence electrons. The third kappa shape index (κ3) is 2.92. The van der Waals surface area contributed by atoms with E-state index in [1.807, 2.05) is 24.3 Å². The number of rotatable bonds is 3. The van der Waals surface area contributed by atoms with Crippen LogP contribution in [-0.2, 0) is 11.0 Å². The van der Waals surface area contributed by atoms with Gasteiger partial charge in [0.15, 0.2) is 0 Å². The summed E-state index contributed by atoms with van der Waals surface area (Å²) < 4.78 is 0. The van der Waals surface area contributed by atoms with Gasteiger partial charge in [0.1, 0.15) is 5.60 Å². The van der Waals surface area contributed by atoms with Crippen LogP contribution in [-0.4, -0.2) is 10.1 Å². The Hall–Kier alpha value is -1.67. The molecule has 2 nitrogen and oxygen atoms in total. The van der Waals surface area contributed by atoms with E-state index >= 15 is 0 Å². The maximum absolute atomic E-state index is 11.7. The number of hydrogen-bond acceptors (Lipinski definition) is 2.